The number of fused-ring (bicyclic) bond motifs is 1. The summed E-state index contributed by atoms with van der Waals surface area (Å²) in [7, 11) is 0. The molecule has 0 spiro atoms. The lowest BCUT2D eigenvalue weighted by molar-refractivity contribution is 0.102. The van der Waals surface area contributed by atoms with Gasteiger partial charge in [0, 0.05) is 28.0 Å². The molecule has 2 heterocycles. The van der Waals surface area contributed by atoms with Gasteiger partial charge >= 0.3 is 0 Å². The summed E-state index contributed by atoms with van der Waals surface area (Å²) in [4.78, 5) is 31.4. The van der Waals surface area contributed by atoms with Gasteiger partial charge in [0.15, 0.2) is 0 Å². The molecule has 0 unspecified atom stereocenters. The number of halogens is 1. The summed E-state index contributed by atoms with van der Waals surface area (Å²) in [5.41, 5.74) is 2.91. The topological polar surface area (TPSA) is 71.1 Å². The van der Waals surface area contributed by atoms with Crippen molar-refractivity contribution in [1.82, 2.24) is 4.98 Å². The van der Waals surface area contributed by atoms with Gasteiger partial charge in [-0.05, 0) is 72.6 Å². The summed E-state index contributed by atoms with van der Waals surface area (Å²) in [6.45, 7) is 6.78. The monoisotopic (exact) mass is 467 g/mol. The predicted octanol–water partition coefficient (Wildman–Crippen LogP) is 6.45. The molecule has 5 nitrogen and oxygen atoms in total. The minimum absolute atomic E-state index is 0.187. The fourth-order valence-electron chi connectivity index (χ4n) is 4.05. The lowest BCUT2D eigenvalue weighted by atomic mass is 9.72. The lowest BCUT2D eigenvalue weighted by Gasteiger charge is -2.33. The van der Waals surface area contributed by atoms with E-state index in [-0.39, 0.29) is 17.2 Å². The zero-order valence-electron chi connectivity index (χ0n) is 18.4. The van der Waals surface area contributed by atoms with Crippen LogP contribution in [0.25, 0.3) is 0 Å². The Kier molecular flexibility index (Phi) is 6.35. The van der Waals surface area contributed by atoms with Crippen LogP contribution in [0.15, 0.2) is 48.8 Å². The molecule has 3 aromatic rings. The Bertz CT molecular complexity index is 1130. The van der Waals surface area contributed by atoms with E-state index in [0.717, 1.165) is 24.8 Å². The number of carbonyl (C=O) groups is 2. The van der Waals surface area contributed by atoms with Crippen molar-refractivity contribution >= 4 is 45.4 Å². The standard InChI is InChI=1S/C25H26ClN3O2S/c1-25(2,3)16-6-11-19-20(13-16)32-24(29-22(30)15-5-4-12-27-14-15)21(19)23(31)28-18-9-7-17(26)8-10-18/h4-5,7-10,12,14,16H,6,11,13H2,1-3H3,(H,28,31)(H,29,30)/t16-/m1/s1. The van der Waals surface area contributed by atoms with Crippen LogP contribution in [-0.2, 0) is 12.8 Å². The number of hydrogen-bond acceptors (Lipinski definition) is 4. The maximum Gasteiger partial charge on any atom is 0.258 e. The third-order valence-electron chi connectivity index (χ3n) is 5.97. The second kappa shape index (κ2) is 9.04. The molecule has 0 aliphatic heterocycles. The highest BCUT2D eigenvalue weighted by atomic mass is 35.5. The smallest absolute Gasteiger partial charge is 0.258 e. The highest BCUT2D eigenvalue weighted by Gasteiger charge is 2.34. The van der Waals surface area contributed by atoms with Crippen molar-refractivity contribution in [2.45, 2.75) is 40.0 Å². The Hall–Kier alpha value is -2.70. The molecule has 1 aromatic carbocycles. The van der Waals surface area contributed by atoms with Crippen LogP contribution >= 0.6 is 22.9 Å². The van der Waals surface area contributed by atoms with Crippen molar-refractivity contribution in [1.29, 1.82) is 0 Å². The van der Waals surface area contributed by atoms with Gasteiger partial charge in [0.25, 0.3) is 11.8 Å². The molecule has 0 radical (unpaired) electrons. The number of thiophene rings is 1. The van der Waals surface area contributed by atoms with Gasteiger partial charge in [0.05, 0.1) is 11.1 Å². The van der Waals surface area contributed by atoms with Crippen LogP contribution in [-0.4, -0.2) is 16.8 Å². The molecule has 2 amide bonds. The highest BCUT2D eigenvalue weighted by molar-refractivity contribution is 7.17. The second-order valence-electron chi connectivity index (χ2n) is 9.17. The summed E-state index contributed by atoms with van der Waals surface area (Å²) >= 11 is 7.48. The van der Waals surface area contributed by atoms with Gasteiger partial charge in [-0.3, -0.25) is 14.6 Å². The first-order chi connectivity index (χ1) is 15.2. The molecule has 4 rings (SSSR count). The Morgan fingerprint density at radius 1 is 1.09 bits per heavy atom. The summed E-state index contributed by atoms with van der Waals surface area (Å²) < 4.78 is 0. The summed E-state index contributed by atoms with van der Waals surface area (Å²) in [5.74, 6) is 0.0350. The van der Waals surface area contributed by atoms with Gasteiger partial charge in [-0.25, -0.2) is 0 Å². The van der Waals surface area contributed by atoms with E-state index in [4.69, 9.17) is 11.6 Å². The van der Waals surface area contributed by atoms with Gasteiger partial charge in [-0.15, -0.1) is 11.3 Å². The van der Waals surface area contributed by atoms with Crippen molar-refractivity contribution < 1.29 is 9.59 Å². The fourth-order valence-corrected chi connectivity index (χ4v) is 5.50. The summed E-state index contributed by atoms with van der Waals surface area (Å²) in [5, 5.41) is 7.13. The van der Waals surface area contributed by atoms with Crippen molar-refractivity contribution in [2.24, 2.45) is 11.3 Å². The largest absolute Gasteiger partial charge is 0.322 e. The first-order valence-electron chi connectivity index (χ1n) is 10.6. The number of carbonyl (C=O) groups excluding carboxylic acids is 2. The number of anilines is 2. The minimum atomic E-state index is -0.274. The SMILES string of the molecule is CC(C)(C)[C@@H]1CCc2c(sc(NC(=O)c3cccnc3)c2C(=O)Nc2ccc(Cl)cc2)C1. The first kappa shape index (κ1) is 22.5. The van der Waals surface area contributed by atoms with Crippen LogP contribution in [0.4, 0.5) is 10.7 Å². The molecule has 0 saturated heterocycles. The average Bonchev–Trinajstić information content (AvgIpc) is 3.12. The average molecular weight is 468 g/mol. The third-order valence-corrected chi connectivity index (χ3v) is 7.39. The zero-order valence-corrected chi connectivity index (χ0v) is 19.9. The van der Waals surface area contributed by atoms with Gasteiger partial charge < -0.3 is 10.6 Å². The molecule has 1 aliphatic rings. The minimum Gasteiger partial charge on any atom is -0.322 e. The Labute approximate surface area is 197 Å². The Morgan fingerprint density at radius 2 is 1.84 bits per heavy atom. The number of nitrogens with zero attached hydrogens (tertiary/aromatic N) is 1. The van der Waals surface area contributed by atoms with Gasteiger partial charge in [0.1, 0.15) is 5.00 Å². The predicted molar refractivity (Wildman–Crippen MR) is 131 cm³/mol. The molecule has 166 valence electrons. The van der Waals surface area contributed by atoms with E-state index >= 15 is 0 Å². The normalized spacial score (nSPS) is 15.7. The van der Waals surface area contributed by atoms with Crippen molar-refractivity contribution in [2.75, 3.05) is 10.6 Å². The summed E-state index contributed by atoms with van der Waals surface area (Å²) in [6, 6.07) is 10.4. The molecular formula is C25H26ClN3O2S. The quantitative estimate of drug-likeness (QED) is 0.463. The number of pyridine rings is 1. The molecule has 1 aliphatic carbocycles. The number of amides is 2. The van der Waals surface area contributed by atoms with E-state index in [9.17, 15) is 9.59 Å². The maximum atomic E-state index is 13.3. The number of aromatic nitrogens is 1. The molecule has 0 bridgehead atoms. The molecule has 2 N–H and O–H groups in total. The van der Waals surface area contributed by atoms with E-state index in [1.54, 1.807) is 42.6 Å². The second-order valence-corrected chi connectivity index (χ2v) is 10.7. The van der Waals surface area contributed by atoms with Gasteiger partial charge in [-0.1, -0.05) is 32.4 Å². The Balaban J connectivity index is 1.68. The number of hydrogen-bond donors (Lipinski definition) is 2. The van der Waals surface area contributed by atoms with E-state index in [1.165, 1.54) is 22.4 Å². The van der Waals surface area contributed by atoms with Crippen molar-refractivity contribution in [3.63, 3.8) is 0 Å². The molecular weight excluding hydrogens is 442 g/mol. The van der Waals surface area contributed by atoms with Gasteiger partial charge in [-0.2, -0.15) is 0 Å². The van der Waals surface area contributed by atoms with Crippen LogP contribution in [0.5, 0.6) is 0 Å². The number of nitrogens with one attached hydrogen (secondary N) is 2. The number of benzene rings is 1. The van der Waals surface area contributed by atoms with Crippen molar-refractivity contribution in [3.05, 3.63) is 75.4 Å². The number of rotatable bonds is 4. The lowest BCUT2D eigenvalue weighted by Crippen LogP contribution is -2.27. The zero-order chi connectivity index (χ0) is 22.9. The molecule has 32 heavy (non-hydrogen) atoms. The maximum absolute atomic E-state index is 13.3. The van der Waals surface area contributed by atoms with E-state index in [0.29, 0.717) is 32.8 Å². The van der Waals surface area contributed by atoms with Crippen LogP contribution < -0.4 is 10.6 Å². The van der Waals surface area contributed by atoms with Crippen LogP contribution in [0.2, 0.25) is 5.02 Å². The summed E-state index contributed by atoms with van der Waals surface area (Å²) in [6.07, 6.45) is 5.89. The van der Waals surface area contributed by atoms with Crippen LogP contribution in [0, 0.1) is 11.3 Å². The van der Waals surface area contributed by atoms with Crippen molar-refractivity contribution in [3.8, 4) is 0 Å². The van der Waals surface area contributed by atoms with Crippen LogP contribution in [0.3, 0.4) is 0 Å². The molecule has 1 atom stereocenters. The van der Waals surface area contributed by atoms with E-state index < -0.39 is 0 Å². The van der Waals surface area contributed by atoms with E-state index in [1.807, 2.05) is 0 Å². The van der Waals surface area contributed by atoms with Crippen LogP contribution in [0.1, 0.15) is 58.3 Å². The molecule has 0 fully saturated rings. The fraction of sp³-hybridized carbons (Fsp3) is 0.320. The molecule has 2 aromatic heterocycles. The first-order valence-corrected chi connectivity index (χ1v) is 11.8. The third kappa shape index (κ3) is 4.87. The Morgan fingerprint density at radius 3 is 2.50 bits per heavy atom. The van der Waals surface area contributed by atoms with Gasteiger partial charge in [0.2, 0.25) is 0 Å². The molecule has 0 saturated carbocycles. The van der Waals surface area contributed by atoms with E-state index in [2.05, 4.69) is 36.4 Å². The molecule has 7 heteroatoms. The highest BCUT2D eigenvalue weighted by Crippen LogP contribution is 2.44.